The summed E-state index contributed by atoms with van der Waals surface area (Å²) >= 11 is 5.60. The molecular formula is C6H6ClF2N3O. The zero-order valence-electron chi connectivity index (χ0n) is 6.59. The van der Waals surface area contributed by atoms with Gasteiger partial charge in [-0.2, -0.15) is 13.9 Å². The average Bonchev–Trinajstić information content (AvgIpc) is 2.36. The Bertz CT molecular complexity index is 326. The summed E-state index contributed by atoms with van der Waals surface area (Å²) in [7, 11) is 1.53. The first-order chi connectivity index (χ1) is 6.02. The van der Waals surface area contributed by atoms with Crippen molar-refractivity contribution in [2.45, 2.75) is 6.43 Å². The first-order valence-corrected chi connectivity index (χ1v) is 3.66. The number of hydrogen-bond acceptors (Lipinski definition) is 2. The molecule has 1 N–H and O–H groups in total. The van der Waals surface area contributed by atoms with Gasteiger partial charge in [-0.15, -0.1) is 0 Å². The Hall–Kier alpha value is -1.17. The maximum absolute atomic E-state index is 11.8. The van der Waals surface area contributed by atoms with E-state index in [2.05, 4.69) is 5.10 Å². The van der Waals surface area contributed by atoms with Gasteiger partial charge in [0.2, 0.25) is 0 Å². The minimum Gasteiger partial charge on any atom is -0.317 e. The van der Waals surface area contributed by atoms with E-state index in [4.69, 9.17) is 11.6 Å². The molecule has 0 aliphatic heterocycles. The molecule has 0 unspecified atom stereocenters. The molecule has 0 aliphatic carbocycles. The van der Waals surface area contributed by atoms with Crippen LogP contribution in [0, 0.1) is 0 Å². The van der Waals surface area contributed by atoms with E-state index >= 15 is 0 Å². The lowest BCUT2D eigenvalue weighted by Gasteiger charge is -2.01. The predicted octanol–water partition coefficient (Wildman–Crippen LogP) is 1.28. The minimum absolute atomic E-state index is 0.0782. The molecule has 0 radical (unpaired) electrons. The summed E-state index contributed by atoms with van der Waals surface area (Å²) in [6, 6.07) is 0. The van der Waals surface area contributed by atoms with Crippen molar-refractivity contribution in [2.75, 3.05) is 5.32 Å². The standard InChI is InChI=1S/C6H6ClF2N3O/c1-12-4(7)3(2-10-12)11-6(13)5(8)9/h2,5H,1H3,(H,11,13). The van der Waals surface area contributed by atoms with Gasteiger partial charge in [-0.1, -0.05) is 11.6 Å². The second kappa shape index (κ2) is 3.69. The van der Waals surface area contributed by atoms with Crippen LogP contribution < -0.4 is 5.32 Å². The van der Waals surface area contributed by atoms with Gasteiger partial charge in [-0.3, -0.25) is 9.48 Å². The second-order valence-electron chi connectivity index (χ2n) is 2.26. The van der Waals surface area contributed by atoms with Gasteiger partial charge < -0.3 is 5.32 Å². The van der Waals surface area contributed by atoms with Crippen LogP contribution in [0.2, 0.25) is 5.15 Å². The van der Waals surface area contributed by atoms with Crippen LogP contribution in [-0.2, 0) is 11.8 Å². The first kappa shape index (κ1) is 9.91. The van der Waals surface area contributed by atoms with Crippen molar-refractivity contribution in [2.24, 2.45) is 7.05 Å². The van der Waals surface area contributed by atoms with Gasteiger partial charge >= 0.3 is 6.43 Å². The number of halogens is 3. The lowest BCUT2D eigenvalue weighted by Crippen LogP contribution is -2.19. The van der Waals surface area contributed by atoms with Crippen LogP contribution in [0.5, 0.6) is 0 Å². The number of alkyl halides is 2. The maximum atomic E-state index is 11.8. The molecule has 0 aromatic carbocycles. The van der Waals surface area contributed by atoms with Crippen LogP contribution in [0.25, 0.3) is 0 Å². The van der Waals surface area contributed by atoms with Crippen molar-refractivity contribution in [1.29, 1.82) is 0 Å². The van der Waals surface area contributed by atoms with Crippen molar-refractivity contribution < 1.29 is 13.6 Å². The highest BCUT2D eigenvalue weighted by Gasteiger charge is 2.17. The molecule has 7 heteroatoms. The van der Waals surface area contributed by atoms with Crippen LogP contribution in [0.1, 0.15) is 0 Å². The number of rotatable bonds is 2. The highest BCUT2D eigenvalue weighted by molar-refractivity contribution is 6.32. The summed E-state index contributed by atoms with van der Waals surface area (Å²) in [4.78, 5) is 10.5. The van der Waals surface area contributed by atoms with Gasteiger partial charge in [0.15, 0.2) is 0 Å². The summed E-state index contributed by atoms with van der Waals surface area (Å²) in [6.45, 7) is 0. The van der Waals surface area contributed by atoms with Crippen LogP contribution in [0.15, 0.2) is 6.20 Å². The summed E-state index contributed by atoms with van der Waals surface area (Å²) in [6.07, 6.45) is -1.86. The molecule has 0 fully saturated rings. The highest BCUT2D eigenvalue weighted by Crippen LogP contribution is 2.19. The molecule has 0 bridgehead atoms. The van der Waals surface area contributed by atoms with E-state index in [0.29, 0.717) is 0 Å². The third-order valence-corrected chi connectivity index (χ3v) is 1.77. The Labute approximate surface area is 77.5 Å². The molecule has 0 atom stereocenters. The van der Waals surface area contributed by atoms with Gasteiger partial charge in [0.05, 0.1) is 11.9 Å². The number of anilines is 1. The van der Waals surface area contributed by atoms with Gasteiger partial charge in [0, 0.05) is 7.05 Å². The van der Waals surface area contributed by atoms with Gasteiger partial charge in [-0.05, 0) is 0 Å². The average molecular weight is 210 g/mol. The zero-order chi connectivity index (χ0) is 10.0. The Kier molecular flexibility index (Phi) is 2.82. The minimum atomic E-state index is -3.06. The van der Waals surface area contributed by atoms with Gasteiger partial charge in [0.1, 0.15) is 5.15 Å². The van der Waals surface area contributed by atoms with E-state index in [9.17, 15) is 13.6 Å². The Morgan fingerprint density at radius 2 is 2.38 bits per heavy atom. The smallest absolute Gasteiger partial charge is 0.315 e. The van der Waals surface area contributed by atoms with Crippen LogP contribution >= 0.6 is 11.6 Å². The number of nitrogens with one attached hydrogen (secondary N) is 1. The molecule has 0 spiro atoms. The molecule has 0 aliphatic rings. The fourth-order valence-electron chi connectivity index (χ4n) is 0.694. The summed E-state index contributed by atoms with van der Waals surface area (Å²) in [5.74, 6) is -1.39. The number of aromatic nitrogens is 2. The number of nitrogens with zero attached hydrogens (tertiary/aromatic N) is 2. The molecule has 1 aromatic heterocycles. The number of amides is 1. The summed E-state index contributed by atoms with van der Waals surface area (Å²) in [5.41, 5.74) is 0.0782. The van der Waals surface area contributed by atoms with E-state index < -0.39 is 12.3 Å². The SMILES string of the molecule is Cn1ncc(NC(=O)C(F)F)c1Cl. The molecule has 1 rings (SSSR count). The molecular weight excluding hydrogens is 204 g/mol. The number of aryl methyl sites for hydroxylation is 1. The van der Waals surface area contributed by atoms with Crippen LogP contribution in [-0.4, -0.2) is 22.1 Å². The quantitative estimate of drug-likeness (QED) is 0.798. The number of carbonyl (C=O) groups excluding carboxylic acids is 1. The molecule has 72 valence electrons. The fraction of sp³-hybridized carbons (Fsp3) is 0.333. The monoisotopic (exact) mass is 209 g/mol. The van der Waals surface area contributed by atoms with E-state index in [1.165, 1.54) is 17.9 Å². The van der Waals surface area contributed by atoms with E-state index in [-0.39, 0.29) is 10.8 Å². The topological polar surface area (TPSA) is 46.9 Å². The van der Waals surface area contributed by atoms with E-state index in [0.717, 1.165) is 0 Å². The van der Waals surface area contributed by atoms with Crippen molar-refractivity contribution in [3.05, 3.63) is 11.3 Å². The van der Waals surface area contributed by atoms with Gasteiger partial charge in [0.25, 0.3) is 5.91 Å². The maximum Gasteiger partial charge on any atom is 0.315 e. The normalized spacial score (nSPS) is 10.5. The Morgan fingerprint density at radius 1 is 1.77 bits per heavy atom. The predicted molar refractivity (Wildman–Crippen MR) is 42.9 cm³/mol. The molecule has 0 saturated heterocycles. The summed E-state index contributed by atoms with van der Waals surface area (Å²) in [5, 5.41) is 5.69. The molecule has 0 saturated carbocycles. The fourth-order valence-corrected chi connectivity index (χ4v) is 0.833. The van der Waals surface area contributed by atoms with Crippen LogP contribution in [0.3, 0.4) is 0 Å². The van der Waals surface area contributed by atoms with Crippen molar-refractivity contribution >= 4 is 23.2 Å². The third-order valence-electron chi connectivity index (χ3n) is 1.32. The molecule has 1 aromatic rings. The number of carbonyl (C=O) groups is 1. The highest BCUT2D eigenvalue weighted by atomic mass is 35.5. The third kappa shape index (κ3) is 2.15. The van der Waals surface area contributed by atoms with E-state index in [1.54, 1.807) is 0 Å². The van der Waals surface area contributed by atoms with E-state index in [1.807, 2.05) is 5.32 Å². The molecule has 1 amide bonds. The van der Waals surface area contributed by atoms with Gasteiger partial charge in [-0.25, -0.2) is 0 Å². The second-order valence-corrected chi connectivity index (χ2v) is 2.62. The molecule has 13 heavy (non-hydrogen) atoms. The van der Waals surface area contributed by atoms with Crippen molar-refractivity contribution in [1.82, 2.24) is 9.78 Å². The molecule has 1 heterocycles. The first-order valence-electron chi connectivity index (χ1n) is 3.29. The largest absolute Gasteiger partial charge is 0.317 e. The molecule has 4 nitrogen and oxygen atoms in total. The number of hydrogen-bond donors (Lipinski definition) is 1. The lowest BCUT2D eigenvalue weighted by atomic mass is 10.5. The van der Waals surface area contributed by atoms with Crippen molar-refractivity contribution in [3.63, 3.8) is 0 Å². The van der Waals surface area contributed by atoms with Crippen molar-refractivity contribution in [3.8, 4) is 0 Å². The summed E-state index contributed by atoms with van der Waals surface area (Å²) < 4.78 is 24.8. The Morgan fingerprint density at radius 3 is 2.77 bits per heavy atom. The van der Waals surface area contributed by atoms with Crippen LogP contribution in [0.4, 0.5) is 14.5 Å². The zero-order valence-corrected chi connectivity index (χ0v) is 7.35. The lowest BCUT2D eigenvalue weighted by molar-refractivity contribution is -0.126. The Balaban J connectivity index is 2.75.